The average Bonchev–Trinajstić information content (AvgIpc) is 3.07. The fourth-order valence-electron chi connectivity index (χ4n) is 2.85. The highest BCUT2D eigenvalue weighted by Crippen LogP contribution is 2.32. The van der Waals surface area contributed by atoms with Crippen LogP contribution in [0.4, 0.5) is 4.79 Å². The molecular weight excluding hydrogens is 320 g/mol. The van der Waals surface area contributed by atoms with E-state index in [1.807, 2.05) is 42.5 Å². The molecule has 2 amide bonds. The summed E-state index contributed by atoms with van der Waals surface area (Å²) in [5.74, 6) is 2.39. The Hall–Kier alpha value is -2.89. The summed E-state index contributed by atoms with van der Waals surface area (Å²) in [6.07, 6.45) is 0. The van der Waals surface area contributed by atoms with E-state index in [1.54, 1.807) is 14.2 Å². The molecule has 0 saturated heterocycles. The minimum Gasteiger partial charge on any atom is -0.493 e. The third-order valence-electron chi connectivity index (χ3n) is 4.21. The lowest BCUT2D eigenvalue weighted by Gasteiger charge is -2.13. The van der Waals surface area contributed by atoms with Gasteiger partial charge in [-0.05, 0) is 23.8 Å². The summed E-state index contributed by atoms with van der Waals surface area (Å²) in [4.78, 5) is 12.0. The number of fused-ring (bicyclic) bond motifs is 1. The highest BCUT2D eigenvalue weighted by Gasteiger charge is 2.23. The maximum absolute atomic E-state index is 12.0. The lowest BCUT2D eigenvalue weighted by atomic mass is 10.0. The SMILES string of the molecule is COc1ccc(CNC(=O)NCC2COc3ccccc32)cc1OC. The largest absolute Gasteiger partial charge is 0.493 e. The van der Waals surface area contributed by atoms with Gasteiger partial charge >= 0.3 is 6.03 Å². The number of nitrogens with one attached hydrogen (secondary N) is 2. The molecule has 0 spiro atoms. The van der Waals surface area contributed by atoms with Crippen molar-refractivity contribution in [1.82, 2.24) is 10.6 Å². The zero-order chi connectivity index (χ0) is 17.6. The predicted octanol–water partition coefficient (Wildman–Crippen LogP) is 2.68. The molecule has 2 aromatic rings. The van der Waals surface area contributed by atoms with Gasteiger partial charge in [0.1, 0.15) is 5.75 Å². The van der Waals surface area contributed by atoms with Gasteiger partial charge in [-0.25, -0.2) is 4.79 Å². The Bertz CT molecular complexity index is 748. The molecule has 1 aliphatic rings. The molecule has 0 saturated carbocycles. The zero-order valence-corrected chi connectivity index (χ0v) is 14.4. The molecule has 6 nitrogen and oxygen atoms in total. The van der Waals surface area contributed by atoms with E-state index >= 15 is 0 Å². The molecule has 0 radical (unpaired) electrons. The summed E-state index contributed by atoms with van der Waals surface area (Å²) < 4.78 is 16.1. The number of carbonyl (C=O) groups is 1. The van der Waals surface area contributed by atoms with Gasteiger partial charge in [0.2, 0.25) is 0 Å². The molecule has 6 heteroatoms. The van der Waals surface area contributed by atoms with Crippen LogP contribution in [0.2, 0.25) is 0 Å². The molecule has 3 rings (SSSR count). The first kappa shape index (κ1) is 17.0. The van der Waals surface area contributed by atoms with Crippen molar-refractivity contribution in [2.45, 2.75) is 12.5 Å². The molecule has 0 aromatic heterocycles. The first-order chi connectivity index (χ1) is 12.2. The van der Waals surface area contributed by atoms with Gasteiger partial charge in [0.05, 0.1) is 20.8 Å². The predicted molar refractivity (Wildman–Crippen MR) is 94.5 cm³/mol. The van der Waals surface area contributed by atoms with Crippen molar-refractivity contribution in [3.8, 4) is 17.2 Å². The van der Waals surface area contributed by atoms with E-state index in [4.69, 9.17) is 14.2 Å². The van der Waals surface area contributed by atoms with Crippen molar-refractivity contribution >= 4 is 6.03 Å². The second-order valence-corrected chi connectivity index (χ2v) is 5.80. The molecule has 2 N–H and O–H groups in total. The number of hydrogen-bond acceptors (Lipinski definition) is 4. The lowest BCUT2D eigenvalue weighted by molar-refractivity contribution is 0.238. The van der Waals surface area contributed by atoms with Crippen LogP contribution in [0.1, 0.15) is 17.0 Å². The molecule has 132 valence electrons. The fraction of sp³-hybridized carbons (Fsp3) is 0.316. The van der Waals surface area contributed by atoms with Crippen molar-refractivity contribution in [3.63, 3.8) is 0 Å². The highest BCUT2D eigenvalue weighted by molar-refractivity contribution is 5.74. The van der Waals surface area contributed by atoms with Gasteiger partial charge in [-0.1, -0.05) is 24.3 Å². The monoisotopic (exact) mass is 342 g/mol. The number of benzene rings is 2. The molecule has 0 aliphatic carbocycles. The maximum Gasteiger partial charge on any atom is 0.315 e. The summed E-state index contributed by atoms with van der Waals surface area (Å²) >= 11 is 0. The van der Waals surface area contributed by atoms with Gasteiger partial charge in [0.25, 0.3) is 0 Å². The van der Waals surface area contributed by atoms with Crippen molar-refractivity contribution in [2.24, 2.45) is 0 Å². The Morgan fingerprint density at radius 2 is 1.92 bits per heavy atom. The van der Waals surface area contributed by atoms with E-state index in [9.17, 15) is 4.79 Å². The van der Waals surface area contributed by atoms with Crippen LogP contribution in [0.5, 0.6) is 17.2 Å². The summed E-state index contributed by atoms with van der Waals surface area (Å²) in [6, 6.07) is 13.3. The summed E-state index contributed by atoms with van der Waals surface area (Å²) in [7, 11) is 3.18. The van der Waals surface area contributed by atoms with Crippen molar-refractivity contribution in [3.05, 3.63) is 53.6 Å². The van der Waals surface area contributed by atoms with Crippen LogP contribution in [0.25, 0.3) is 0 Å². The number of ether oxygens (including phenoxy) is 3. The van der Waals surface area contributed by atoms with E-state index < -0.39 is 0 Å². The summed E-state index contributed by atoms with van der Waals surface area (Å²) in [6.45, 7) is 1.54. The second kappa shape index (κ2) is 7.79. The number of carbonyl (C=O) groups excluding carboxylic acids is 1. The van der Waals surface area contributed by atoms with Crippen LogP contribution >= 0.6 is 0 Å². The van der Waals surface area contributed by atoms with Crippen LogP contribution in [0, 0.1) is 0 Å². The normalized spacial score (nSPS) is 15.0. The number of hydrogen-bond donors (Lipinski definition) is 2. The first-order valence-corrected chi connectivity index (χ1v) is 8.15. The number of methoxy groups -OCH3 is 2. The molecule has 25 heavy (non-hydrogen) atoms. The number of para-hydroxylation sites is 1. The van der Waals surface area contributed by atoms with E-state index in [-0.39, 0.29) is 11.9 Å². The van der Waals surface area contributed by atoms with Gasteiger partial charge in [0.15, 0.2) is 11.5 Å². The number of urea groups is 1. The molecule has 1 aliphatic heterocycles. The minimum absolute atomic E-state index is 0.183. The Kier molecular flexibility index (Phi) is 5.28. The molecule has 1 atom stereocenters. The maximum atomic E-state index is 12.0. The molecular formula is C19H22N2O4. The average molecular weight is 342 g/mol. The summed E-state index contributed by atoms with van der Waals surface area (Å²) in [5, 5.41) is 5.75. The van der Waals surface area contributed by atoms with Gasteiger partial charge in [-0.2, -0.15) is 0 Å². The van der Waals surface area contributed by atoms with Gasteiger partial charge in [0, 0.05) is 24.6 Å². The van der Waals surface area contributed by atoms with Crippen LogP contribution in [0.15, 0.2) is 42.5 Å². The van der Waals surface area contributed by atoms with Crippen LogP contribution in [-0.2, 0) is 6.54 Å². The van der Waals surface area contributed by atoms with Gasteiger partial charge in [-0.15, -0.1) is 0 Å². The summed E-state index contributed by atoms with van der Waals surface area (Å²) in [5.41, 5.74) is 2.07. The topological polar surface area (TPSA) is 68.8 Å². The van der Waals surface area contributed by atoms with Crippen molar-refractivity contribution in [1.29, 1.82) is 0 Å². The quantitative estimate of drug-likeness (QED) is 0.847. The standard InChI is InChI=1S/C19H22N2O4/c1-23-17-8-7-13(9-18(17)24-2)10-20-19(22)21-11-14-12-25-16-6-4-3-5-15(14)16/h3-9,14H,10-12H2,1-2H3,(H2,20,21,22). The van der Waals surface area contributed by atoms with Crippen molar-refractivity contribution < 1.29 is 19.0 Å². The van der Waals surface area contributed by atoms with Crippen LogP contribution in [0.3, 0.4) is 0 Å². The van der Waals surface area contributed by atoms with E-state index in [2.05, 4.69) is 10.6 Å². The Morgan fingerprint density at radius 3 is 2.72 bits per heavy atom. The highest BCUT2D eigenvalue weighted by atomic mass is 16.5. The van der Waals surface area contributed by atoms with Gasteiger partial charge in [-0.3, -0.25) is 0 Å². The van der Waals surface area contributed by atoms with E-state index in [0.717, 1.165) is 16.9 Å². The third-order valence-corrected chi connectivity index (χ3v) is 4.21. The van der Waals surface area contributed by atoms with E-state index in [1.165, 1.54) is 0 Å². The molecule has 2 aromatic carbocycles. The fourth-order valence-corrected chi connectivity index (χ4v) is 2.85. The smallest absolute Gasteiger partial charge is 0.315 e. The van der Waals surface area contributed by atoms with Crippen LogP contribution in [-0.4, -0.2) is 33.4 Å². The second-order valence-electron chi connectivity index (χ2n) is 5.80. The zero-order valence-electron chi connectivity index (χ0n) is 14.4. The Morgan fingerprint density at radius 1 is 1.12 bits per heavy atom. The molecule has 1 heterocycles. The molecule has 0 fully saturated rings. The molecule has 1 unspecified atom stereocenters. The van der Waals surface area contributed by atoms with Crippen molar-refractivity contribution in [2.75, 3.05) is 27.4 Å². The Balaban J connectivity index is 1.49. The van der Waals surface area contributed by atoms with Crippen LogP contribution < -0.4 is 24.8 Å². The van der Waals surface area contributed by atoms with E-state index in [0.29, 0.717) is 31.2 Å². The van der Waals surface area contributed by atoms with Gasteiger partial charge < -0.3 is 24.8 Å². The first-order valence-electron chi connectivity index (χ1n) is 8.15. The number of rotatable bonds is 6. The minimum atomic E-state index is -0.209. The third kappa shape index (κ3) is 3.96. The lowest BCUT2D eigenvalue weighted by Crippen LogP contribution is -2.37. The molecule has 0 bridgehead atoms. The number of amides is 2. The Labute approximate surface area is 147 Å².